The number of hydrogen-bond acceptors (Lipinski definition) is 6. The van der Waals surface area contributed by atoms with E-state index in [1.165, 1.54) is 44.1 Å². The minimum atomic E-state index is -0.160. The van der Waals surface area contributed by atoms with Crippen LogP contribution in [-0.2, 0) is 28.5 Å². The summed E-state index contributed by atoms with van der Waals surface area (Å²) >= 11 is 0. The second-order valence-corrected chi connectivity index (χ2v) is 13.1. The van der Waals surface area contributed by atoms with Gasteiger partial charge in [-0.25, -0.2) is 0 Å². The van der Waals surface area contributed by atoms with Gasteiger partial charge >= 0.3 is 5.97 Å². The number of fused-ring (bicyclic) bond motifs is 5. The molecule has 0 radical (unpaired) electrons. The molecule has 9 atom stereocenters. The van der Waals surface area contributed by atoms with Crippen molar-refractivity contribution in [3.05, 3.63) is 11.6 Å². The topological polar surface area (TPSA) is 63.2 Å². The molecule has 0 aromatic heterocycles. The van der Waals surface area contributed by atoms with Crippen molar-refractivity contribution in [1.82, 2.24) is 0 Å². The van der Waals surface area contributed by atoms with Crippen LogP contribution in [0.1, 0.15) is 104 Å². The molecule has 0 aromatic carbocycles. The predicted octanol–water partition coefficient (Wildman–Crippen LogP) is 6.32. The van der Waals surface area contributed by atoms with Gasteiger partial charge in [-0.15, -0.1) is 0 Å². The lowest BCUT2D eigenvalue weighted by atomic mass is 9.47. The number of carbonyl (C=O) groups is 1. The van der Waals surface area contributed by atoms with Gasteiger partial charge in [0.15, 0.2) is 12.6 Å². The second-order valence-electron chi connectivity index (χ2n) is 13.1. The van der Waals surface area contributed by atoms with Crippen LogP contribution in [0.15, 0.2) is 11.6 Å². The molecule has 4 aliphatic carbocycles. The third-order valence-electron chi connectivity index (χ3n) is 11.2. The summed E-state index contributed by atoms with van der Waals surface area (Å²) in [7, 11) is 0. The first-order chi connectivity index (χ1) is 18.0. The Morgan fingerprint density at radius 1 is 0.892 bits per heavy atom. The van der Waals surface area contributed by atoms with Gasteiger partial charge in [-0.2, -0.15) is 0 Å². The minimum absolute atomic E-state index is 0.00771. The monoisotopic (exact) mass is 516 g/mol. The molecule has 6 heteroatoms. The highest BCUT2D eigenvalue weighted by Gasteiger charge is 2.61. The molecule has 6 nitrogen and oxygen atoms in total. The zero-order valence-corrected chi connectivity index (χ0v) is 23.1. The molecule has 37 heavy (non-hydrogen) atoms. The lowest BCUT2D eigenvalue weighted by molar-refractivity contribution is -0.217. The molecule has 6 rings (SSSR count). The average molecular weight is 517 g/mol. The van der Waals surface area contributed by atoms with Gasteiger partial charge in [0.05, 0.1) is 12.2 Å². The van der Waals surface area contributed by atoms with Gasteiger partial charge in [0.25, 0.3) is 0 Å². The van der Waals surface area contributed by atoms with E-state index < -0.39 is 0 Å². The Morgan fingerprint density at radius 3 is 2.35 bits per heavy atom. The molecule has 6 aliphatic rings. The number of carbonyl (C=O) groups excluding carboxylic acids is 1. The van der Waals surface area contributed by atoms with Gasteiger partial charge < -0.3 is 23.7 Å². The molecular formula is C31H48O6. The van der Waals surface area contributed by atoms with E-state index in [2.05, 4.69) is 13.0 Å². The van der Waals surface area contributed by atoms with E-state index in [-0.39, 0.29) is 35.5 Å². The van der Waals surface area contributed by atoms with Crippen molar-refractivity contribution in [2.75, 3.05) is 19.8 Å². The van der Waals surface area contributed by atoms with Crippen LogP contribution in [0.5, 0.6) is 0 Å². The summed E-state index contributed by atoms with van der Waals surface area (Å²) in [5.41, 5.74) is 1.69. The minimum Gasteiger partial charge on any atom is -0.465 e. The molecule has 208 valence electrons. The Morgan fingerprint density at radius 2 is 1.65 bits per heavy atom. The van der Waals surface area contributed by atoms with Gasteiger partial charge in [-0.3, -0.25) is 4.79 Å². The fourth-order valence-corrected chi connectivity index (χ4v) is 9.29. The van der Waals surface area contributed by atoms with E-state index in [1.54, 1.807) is 6.92 Å². The Bertz CT molecular complexity index is 845. The van der Waals surface area contributed by atoms with Crippen LogP contribution in [0.2, 0.25) is 0 Å². The maximum atomic E-state index is 12.0. The van der Waals surface area contributed by atoms with Crippen molar-refractivity contribution >= 4 is 5.97 Å². The van der Waals surface area contributed by atoms with Crippen molar-refractivity contribution in [2.45, 2.75) is 129 Å². The summed E-state index contributed by atoms with van der Waals surface area (Å²) in [6, 6.07) is 0. The molecule has 2 aliphatic heterocycles. The van der Waals surface area contributed by atoms with Crippen LogP contribution in [0, 0.1) is 28.6 Å². The highest BCUT2D eigenvalue weighted by molar-refractivity contribution is 5.66. The van der Waals surface area contributed by atoms with E-state index in [4.69, 9.17) is 23.7 Å². The quantitative estimate of drug-likeness (QED) is 0.304. The molecule has 0 spiro atoms. The zero-order chi connectivity index (χ0) is 25.5. The van der Waals surface area contributed by atoms with Crippen LogP contribution in [-0.4, -0.2) is 50.6 Å². The number of esters is 1. The van der Waals surface area contributed by atoms with Gasteiger partial charge in [-0.05, 0) is 113 Å². The lowest BCUT2D eigenvalue weighted by Gasteiger charge is -2.59. The SMILES string of the molecule is CC(=O)OC[C@]12CC[C@H](OC3CCCCO3)C=C1CC[C@@H]1[C@@H]2CC[C@]2(C)[C@@H](OC3CCCCO3)CC[C@@H]12. The van der Waals surface area contributed by atoms with Crippen LogP contribution in [0.4, 0.5) is 0 Å². The molecule has 2 heterocycles. The number of rotatable bonds is 6. The Kier molecular flexibility index (Phi) is 7.74. The lowest BCUT2D eigenvalue weighted by Crippen LogP contribution is -2.54. The van der Waals surface area contributed by atoms with Gasteiger partial charge in [0.2, 0.25) is 0 Å². The van der Waals surface area contributed by atoms with Gasteiger partial charge in [-0.1, -0.05) is 18.6 Å². The summed E-state index contributed by atoms with van der Waals surface area (Å²) < 4.78 is 30.8. The van der Waals surface area contributed by atoms with Crippen molar-refractivity contribution in [2.24, 2.45) is 28.6 Å². The fourth-order valence-electron chi connectivity index (χ4n) is 9.29. The number of hydrogen-bond donors (Lipinski definition) is 0. The molecule has 0 N–H and O–H groups in total. The van der Waals surface area contributed by atoms with Crippen molar-refractivity contribution < 1.29 is 28.5 Å². The molecule has 2 unspecified atom stereocenters. The molecule has 0 bridgehead atoms. The van der Waals surface area contributed by atoms with Crippen LogP contribution >= 0.6 is 0 Å². The van der Waals surface area contributed by atoms with Crippen LogP contribution in [0.25, 0.3) is 0 Å². The molecule has 5 fully saturated rings. The van der Waals surface area contributed by atoms with Crippen LogP contribution < -0.4 is 0 Å². The first-order valence-electron chi connectivity index (χ1n) is 15.4. The summed E-state index contributed by atoms with van der Waals surface area (Å²) in [5.74, 6) is 1.76. The fraction of sp³-hybridized carbons (Fsp3) is 0.903. The van der Waals surface area contributed by atoms with E-state index in [0.717, 1.165) is 64.6 Å². The van der Waals surface area contributed by atoms with E-state index in [9.17, 15) is 4.79 Å². The van der Waals surface area contributed by atoms with Crippen LogP contribution in [0.3, 0.4) is 0 Å². The molecule has 2 saturated heterocycles. The molecular weight excluding hydrogens is 468 g/mol. The summed E-state index contributed by atoms with van der Waals surface area (Å²) in [6.45, 7) is 6.24. The highest BCUT2D eigenvalue weighted by Crippen LogP contribution is 2.66. The smallest absolute Gasteiger partial charge is 0.302 e. The van der Waals surface area contributed by atoms with Gasteiger partial charge in [0.1, 0.15) is 6.61 Å². The van der Waals surface area contributed by atoms with Crippen molar-refractivity contribution in [3.63, 3.8) is 0 Å². The van der Waals surface area contributed by atoms with Crippen molar-refractivity contribution in [1.29, 1.82) is 0 Å². The molecule has 0 amide bonds. The number of ether oxygens (including phenoxy) is 5. The van der Waals surface area contributed by atoms with E-state index >= 15 is 0 Å². The Labute approximate surface area is 223 Å². The first-order valence-corrected chi connectivity index (χ1v) is 15.4. The normalized spacial score (nSPS) is 45.8. The van der Waals surface area contributed by atoms with Gasteiger partial charge in [0, 0.05) is 25.6 Å². The zero-order valence-electron chi connectivity index (χ0n) is 23.1. The standard InChI is InChI=1S/C31H48O6/c1-21(32)35-20-31-16-13-23(36-28-7-3-5-17-33-28)19-22(31)9-10-24-25-11-12-27(30(25,2)15-14-26(24)31)37-29-8-4-6-18-34-29/h19,23-29H,3-18,20H2,1-2H3/t23-,24-,25-,26-,27-,28?,29?,30-,31+/m0/s1. The third-order valence-corrected chi connectivity index (χ3v) is 11.2. The Hall–Kier alpha value is -0.950. The summed E-state index contributed by atoms with van der Waals surface area (Å²) in [4.78, 5) is 12.0. The third kappa shape index (κ3) is 5.05. The largest absolute Gasteiger partial charge is 0.465 e. The average Bonchev–Trinajstić information content (AvgIpc) is 3.24. The van der Waals surface area contributed by atoms with E-state index in [0.29, 0.717) is 30.5 Å². The maximum Gasteiger partial charge on any atom is 0.302 e. The highest BCUT2D eigenvalue weighted by atomic mass is 16.7. The predicted molar refractivity (Wildman–Crippen MR) is 140 cm³/mol. The maximum absolute atomic E-state index is 12.0. The Balaban J connectivity index is 1.20. The first kappa shape index (κ1) is 26.3. The second kappa shape index (κ2) is 10.9. The molecule has 0 aromatic rings. The van der Waals surface area contributed by atoms with Crippen molar-refractivity contribution in [3.8, 4) is 0 Å². The summed E-state index contributed by atoms with van der Waals surface area (Å²) in [6.07, 6.45) is 18.7. The molecule has 3 saturated carbocycles. The summed E-state index contributed by atoms with van der Waals surface area (Å²) in [5, 5.41) is 0. The van der Waals surface area contributed by atoms with E-state index in [1.807, 2.05) is 0 Å².